The second kappa shape index (κ2) is 18.7. The Morgan fingerprint density at radius 2 is 1.09 bits per heavy atom. The van der Waals surface area contributed by atoms with Gasteiger partial charge < -0.3 is 14.4 Å². The van der Waals surface area contributed by atoms with Crippen LogP contribution in [-0.4, -0.2) is 56.3 Å². The molecular formula is C47H57FN2O3Si. The lowest BCUT2D eigenvalue weighted by molar-refractivity contribution is 0.0896. The summed E-state index contributed by atoms with van der Waals surface area (Å²) in [6.07, 6.45) is -1.06. The molecule has 2 atom stereocenters. The molecule has 0 bridgehead atoms. The van der Waals surface area contributed by atoms with Gasteiger partial charge in [-0.05, 0) is 57.3 Å². The van der Waals surface area contributed by atoms with Crippen LogP contribution in [0.15, 0.2) is 152 Å². The monoisotopic (exact) mass is 744 g/mol. The molecule has 0 aromatic heterocycles. The second-order valence-electron chi connectivity index (χ2n) is 15.7. The highest BCUT2D eigenvalue weighted by Crippen LogP contribution is 2.38. The number of benzene rings is 5. The molecule has 1 amide bonds. The molecule has 0 aliphatic heterocycles. The number of carboxylic acid groups (broad SMARTS) is 1. The highest BCUT2D eigenvalue weighted by atomic mass is 28.4. The van der Waals surface area contributed by atoms with Crippen molar-refractivity contribution in [3.8, 4) is 0 Å². The molecule has 0 aliphatic rings. The maximum atomic E-state index is 16.6. The van der Waals surface area contributed by atoms with Crippen molar-refractivity contribution in [1.29, 1.82) is 0 Å². The van der Waals surface area contributed by atoms with E-state index in [2.05, 4.69) is 101 Å². The Kier molecular flexibility index (Phi) is 14.0. The molecule has 0 saturated carbocycles. The predicted molar refractivity (Wildman–Crippen MR) is 223 cm³/mol. The summed E-state index contributed by atoms with van der Waals surface area (Å²) in [5, 5.41) is 16.3. The Bertz CT molecular complexity index is 1700. The van der Waals surface area contributed by atoms with E-state index >= 15 is 4.39 Å². The average molecular weight is 745 g/mol. The van der Waals surface area contributed by atoms with Crippen molar-refractivity contribution in [2.75, 3.05) is 19.7 Å². The fourth-order valence-electron chi connectivity index (χ4n) is 7.75. The minimum absolute atomic E-state index is 0.0695. The molecule has 7 heteroatoms. The third-order valence-corrected chi connectivity index (χ3v) is 15.6. The lowest BCUT2D eigenvalue weighted by atomic mass is 9.77. The van der Waals surface area contributed by atoms with E-state index in [1.165, 1.54) is 4.90 Å². The van der Waals surface area contributed by atoms with Gasteiger partial charge in [-0.3, -0.25) is 5.32 Å². The first-order chi connectivity index (χ1) is 26.0. The number of nitrogens with one attached hydrogen (secondary N) is 1. The van der Waals surface area contributed by atoms with Crippen LogP contribution in [0, 0.1) is 5.92 Å². The van der Waals surface area contributed by atoms with Crippen LogP contribution < -0.4 is 15.7 Å². The topological polar surface area (TPSA) is 61.8 Å². The van der Waals surface area contributed by atoms with Crippen LogP contribution in [0.3, 0.4) is 0 Å². The van der Waals surface area contributed by atoms with Crippen molar-refractivity contribution in [1.82, 2.24) is 10.2 Å². The van der Waals surface area contributed by atoms with Crippen LogP contribution >= 0.6 is 0 Å². The summed E-state index contributed by atoms with van der Waals surface area (Å²) in [6.45, 7) is 11.4. The maximum absolute atomic E-state index is 16.6. The fraction of sp³-hybridized carbons (Fsp3) is 0.340. The Morgan fingerprint density at radius 3 is 1.46 bits per heavy atom. The molecule has 2 N–H and O–H groups in total. The minimum Gasteiger partial charge on any atom is -0.465 e. The SMILES string of the molecule is CC(C)CCN(C(=O)O)[C@@H](CCC(F)CNC(c1ccccc1)(c1ccccc1)c1ccccc1)CO[Si](c1ccccc1)(c1ccccc1)C(C)(C)C. The zero-order chi connectivity index (χ0) is 38.6. The summed E-state index contributed by atoms with van der Waals surface area (Å²) in [5.41, 5.74) is 2.23. The van der Waals surface area contributed by atoms with E-state index in [-0.39, 0.29) is 24.6 Å². The number of carbonyl (C=O) groups is 1. The number of alkyl halides is 1. The maximum Gasteiger partial charge on any atom is 0.407 e. The van der Waals surface area contributed by atoms with Crippen molar-refractivity contribution in [3.05, 3.63) is 168 Å². The number of nitrogens with zero attached hydrogens (tertiary/aromatic N) is 1. The second-order valence-corrected chi connectivity index (χ2v) is 20.0. The van der Waals surface area contributed by atoms with E-state index in [0.29, 0.717) is 25.3 Å². The molecule has 284 valence electrons. The molecule has 0 radical (unpaired) electrons. The zero-order valence-corrected chi connectivity index (χ0v) is 33.5. The summed E-state index contributed by atoms with van der Waals surface area (Å²) in [5.74, 6) is 0.310. The van der Waals surface area contributed by atoms with Gasteiger partial charge in [0.15, 0.2) is 0 Å². The third-order valence-electron chi connectivity index (χ3n) is 10.6. The van der Waals surface area contributed by atoms with Gasteiger partial charge in [0.1, 0.15) is 6.17 Å². The molecule has 0 spiro atoms. The lowest BCUT2D eigenvalue weighted by Gasteiger charge is -2.44. The van der Waals surface area contributed by atoms with E-state index in [4.69, 9.17) is 4.43 Å². The Morgan fingerprint density at radius 1 is 0.685 bits per heavy atom. The van der Waals surface area contributed by atoms with Crippen LogP contribution in [0.1, 0.15) is 70.6 Å². The highest BCUT2D eigenvalue weighted by Gasteiger charge is 2.50. The summed E-state index contributed by atoms with van der Waals surface area (Å²) in [6, 6.07) is 50.7. The highest BCUT2D eigenvalue weighted by molar-refractivity contribution is 6.99. The normalized spacial score (nSPS) is 13.4. The summed E-state index contributed by atoms with van der Waals surface area (Å²) in [4.78, 5) is 14.5. The Balaban J connectivity index is 1.45. The van der Waals surface area contributed by atoms with E-state index < -0.39 is 32.2 Å². The van der Waals surface area contributed by atoms with Gasteiger partial charge in [0.2, 0.25) is 0 Å². The van der Waals surface area contributed by atoms with Gasteiger partial charge >= 0.3 is 6.09 Å². The van der Waals surface area contributed by atoms with Crippen molar-refractivity contribution < 1.29 is 18.7 Å². The molecular weight excluding hydrogens is 688 g/mol. The quantitative estimate of drug-likeness (QED) is 0.0693. The van der Waals surface area contributed by atoms with Crippen molar-refractivity contribution in [2.24, 2.45) is 5.92 Å². The van der Waals surface area contributed by atoms with Gasteiger partial charge in [-0.25, -0.2) is 9.18 Å². The number of hydrogen-bond acceptors (Lipinski definition) is 3. The van der Waals surface area contributed by atoms with Gasteiger partial charge in [-0.1, -0.05) is 186 Å². The van der Waals surface area contributed by atoms with E-state index in [1.807, 2.05) is 91.0 Å². The van der Waals surface area contributed by atoms with Gasteiger partial charge in [0.05, 0.1) is 18.2 Å². The average Bonchev–Trinajstić information content (AvgIpc) is 3.18. The van der Waals surface area contributed by atoms with Crippen LogP contribution in [0.25, 0.3) is 0 Å². The van der Waals surface area contributed by atoms with Crippen LogP contribution in [-0.2, 0) is 9.96 Å². The van der Waals surface area contributed by atoms with E-state index in [0.717, 1.165) is 27.1 Å². The zero-order valence-electron chi connectivity index (χ0n) is 32.5. The Labute approximate surface area is 323 Å². The first-order valence-electron chi connectivity index (χ1n) is 19.3. The minimum atomic E-state index is -2.97. The number of amides is 1. The predicted octanol–water partition coefficient (Wildman–Crippen LogP) is 9.66. The smallest absolute Gasteiger partial charge is 0.407 e. The summed E-state index contributed by atoms with van der Waals surface area (Å²) in [7, 11) is -2.97. The van der Waals surface area contributed by atoms with Gasteiger partial charge in [0.25, 0.3) is 8.32 Å². The molecule has 5 aromatic rings. The van der Waals surface area contributed by atoms with E-state index in [1.54, 1.807) is 0 Å². The van der Waals surface area contributed by atoms with Crippen molar-refractivity contribution >= 4 is 24.8 Å². The summed E-state index contributed by atoms with van der Waals surface area (Å²) >= 11 is 0. The first kappa shape index (κ1) is 40.6. The van der Waals surface area contributed by atoms with Gasteiger partial charge in [-0.15, -0.1) is 0 Å². The lowest BCUT2D eigenvalue weighted by Crippen LogP contribution is -2.67. The number of rotatable bonds is 18. The first-order valence-corrected chi connectivity index (χ1v) is 21.2. The number of halogens is 1. The molecule has 5 aromatic carbocycles. The summed E-state index contributed by atoms with van der Waals surface area (Å²) < 4.78 is 23.8. The molecule has 0 heterocycles. The van der Waals surface area contributed by atoms with Crippen LogP contribution in [0.2, 0.25) is 5.04 Å². The van der Waals surface area contributed by atoms with Crippen molar-refractivity contribution in [3.63, 3.8) is 0 Å². The molecule has 0 saturated heterocycles. The Hall–Kier alpha value is -4.56. The van der Waals surface area contributed by atoms with Gasteiger partial charge in [0, 0.05) is 13.1 Å². The third kappa shape index (κ3) is 9.38. The standard InChI is InChI=1S/C47H57FN2O3Si/c1-37(2)33-34-50(45(51)52)42(36-53-54(46(3,4)5,43-27-17-9-18-28-43)44-29-19-10-20-30-44)32-31-41(48)35-49-47(38-21-11-6-12-22-38,39-23-13-7-14-24-39)40-25-15-8-16-26-40/h6-30,37,41-42,49H,31-36H2,1-5H3,(H,51,52)/t41?,42-/m0/s1. The fourth-order valence-corrected chi connectivity index (χ4v) is 12.4. The molecule has 5 nitrogen and oxygen atoms in total. The van der Waals surface area contributed by atoms with Gasteiger partial charge in [-0.2, -0.15) is 0 Å². The largest absolute Gasteiger partial charge is 0.465 e. The van der Waals surface area contributed by atoms with Crippen LogP contribution in [0.4, 0.5) is 9.18 Å². The van der Waals surface area contributed by atoms with Crippen LogP contribution in [0.5, 0.6) is 0 Å². The molecule has 0 aliphatic carbocycles. The molecule has 0 fully saturated rings. The number of hydrogen-bond donors (Lipinski definition) is 2. The van der Waals surface area contributed by atoms with Crippen molar-refractivity contribution in [2.45, 2.75) is 76.7 Å². The molecule has 5 rings (SSSR count). The van der Waals surface area contributed by atoms with E-state index in [9.17, 15) is 9.90 Å². The molecule has 54 heavy (non-hydrogen) atoms. The molecule has 1 unspecified atom stereocenters.